The Balaban J connectivity index is 4.87. The number of carbonyl (C=O) groups is 3. The topological polar surface area (TPSA) is 115 Å². The smallest absolute Gasteiger partial charge is 0.321 e. The van der Waals surface area contributed by atoms with Gasteiger partial charge >= 0.3 is 17.9 Å². The van der Waals surface area contributed by atoms with Gasteiger partial charge in [0.15, 0.2) is 0 Å². The average Bonchev–Trinajstić information content (AvgIpc) is 1.98. The Morgan fingerprint density at radius 2 is 1.38 bits per heavy atom. The molecular formula is C9H15NO6. The van der Waals surface area contributed by atoms with Gasteiger partial charge in [-0.3, -0.25) is 19.3 Å². The summed E-state index contributed by atoms with van der Waals surface area (Å²) in [5, 5.41) is 26.1. The molecule has 0 rings (SSSR count). The molecule has 0 radical (unpaired) electrons. The molecule has 0 unspecified atom stereocenters. The molecule has 0 aliphatic carbocycles. The summed E-state index contributed by atoms with van der Waals surface area (Å²) in [5.41, 5.74) is 0. The number of aliphatic carboxylic acids is 3. The number of hydrogen-bond donors (Lipinski definition) is 3. The largest absolute Gasteiger partial charge is 0.480 e. The molecule has 0 heterocycles. The first-order chi connectivity index (χ1) is 7.25. The van der Waals surface area contributed by atoms with Gasteiger partial charge in [-0.25, -0.2) is 0 Å². The molecule has 0 aromatic rings. The van der Waals surface area contributed by atoms with Crippen LogP contribution in [0.3, 0.4) is 0 Å². The van der Waals surface area contributed by atoms with Crippen LogP contribution in [0.4, 0.5) is 0 Å². The van der Waals surface area contributed by atoms with Crippen LogP contribution in [0, 0.1) is 5.92 Å². The van der Waals surface area contributed by atoms with Crippen LogP contribution in [0.15, 0.2) is 0 Å². The summed E-state index contributed by atoms with van der Waals surface area (Å²) in [7, 11) is 0. The second kappa shape index (κ2) is 6.06. The summed E-state index contributed by atoms with van der Waals surface area (Å²) in [6, 6.07) is -1.12. The number of nitrogens with zero attached hydrogens (tertiary/aromatic N) is 1. The third-order valence-electron chi connectivity index (χ3n) is 1.95. The zero-order chi connectivity index (χ0) is 12.9. The quantitative estimate of drug-likeness (QED) is 0.546. The summed E-state index contributed by atoms with van der Waals surface area (Å²) >= 11 is 0. The average molecular weight is 233 g/mol. The molecule has 0 amide bonds. The lowest BCUT2D eigenvalue weighted by atomic mass is 10.0. The lowest BCUT2D eigenvalue weighted by molar-refractivity contribution is -0.150. The third-order valence-corrected chi connectivity index (χ3v) is 1.95. The van der Waals surface area contributed by atoms with E-state index in [4.69, 9.17) is 15.3 Å². The second-order valence-corrected chi connectivity index (χ2v) is 3.72. The number of carboxylic acid groups (broad SMARTS) is 3. The molecule has 0 fully saturated rings. The Kier molecular flexibility index (Phi) is 5.44. The van der Waals surface area contributed by atoms with Crippen molar-refractivity contribution in [3.05, 3.63) is 0 Å². The molecule has 0 saturated heterocycles. The monoisotopic (exact) mass is 233 g/mol. The van der Waals surface area contributed by atoms with Gasteiger partial charge in [0, 0.05) is 0 Å². The summed E-state index contributed by atoms with van der Waals surface area (Å²) in [6.45, 7) is 1.97. The fraction of sp³-hybridized carbons (Fsp3) is 0.667. The molecule has 7 heteroatoms. The van der Waals surface area contributed by atoms with E-state index in [2.05, 4.69) is 0 Å². The van der Waals surface area contributed by atoms with Crippen molar-refractivity contribution in [1.29, 1.82) is 0 Å². The van der Waals surface area contributed by atoms with Gasteiger partial charge in [-0.2, -0.15) is 0 Å². The molecule has 0 bridgehead atoms. The van der Waals surface area contributed by atoms with Gasteiger partial charge in [-0.15, -0.1) is 0 Å². The maximum absolute atomic E-state index is 10.9. The van der Waals surface area contributed by atoms with Crippen molar-refractivity contribution < 1.29 is 29.7 Å². The van der Waals surface area contributed by atoms with Crippen LogP contribution < -0.4 is 0 Å². The molecule has 16 heavy (non-hydrogen) atoms. The Bertz CT molecular complexity index is 272. The van der Waals surface area contributed by atoms with Gasteiger partial charge in [0.05, 0.1) is 13.1 Å². The van der Waals surface area contributed by atoms with E-state index in [1.807, 2.05) is 0 Å². The molecule has 7 nitrogen and oxygen atoms in total. The van der Waals surface area contributed by atoms with E-state index >= 15 is 0 Å². The molecule has 0 spiro atoms. The highest BCUT2D eigenvalue weighted by molar-refractivity contribution is 5.78. The molecular weight excluding hydrogens is 218 g/mol. The van der Waals surface area contributed by atoms with Crippen LogP contribution in [-0.4, -0.2) is 57.3 Å². The predicted octanol–water partition coefficient (Wildman–Crippen LogP) is -0.433. The van der Waals surface area contributed by atoms with Crippen molar-refractivity contribution in [2.75, 3.05) is 13.1 Å². The fourth-order valence-electron chi connectivity index (χ4n) is 1.46. The maximum Gasteiger partial charge on any atom is 0.321 e. The molecule has 92 valence electrons. The van der Waals surface area contributed by atoms with E-state index in [-0.39, 0.29) is 5.92 Å². The lowest BCUT2D eigenvalue weighted by Gasteiger charge is -2.28. The lowest BCUT2D eigenvalue weighted by Crippen LogP contribution is -2.49. The van der Waals surface area contributed by atoms with Crippen molar-refractivity contribution >= 4 is 17.9 Å². The van der Waals surface area contributed by atoms with E-state index < -0.39 is 37.0 Å². The van der Waals surface area contributed by atoms with Gasteiger partial charge < -0.3 is 15.3 Å². The minimum atomic E-state index is -1.26. The highest BCUT2D eigenvalue weighted by Gasteiger charge is 2.31. The summed E-state index contributed by atoms with van der Waals surface area (Å²) in [4.78, 5) is 32.9. The molecule has 0 aliphatic rings. The standard InChI is InChI=1S/C9H15NO6/c1-5(2)8(9(15)16)10(3-6(11)12)4-7(13)14/h5,8H,3-4H2,1-2H3,(H,11,12)(H,13,14)(H,15,16)/t8-/m1/s1. The summed E-state index contributed by atoms with van der Waals surface area (Å²) < 4.78 is 0. The third kappa shape index (κ3) is 4.74. The molecule has 0 aromatic heterocycles. The maximum atomic E-state index is 10.9. The van der Waals surface area contributed by atoms with E-state index in [1.165, 1.54) is 0 Å². The van der Waals surface area contributed by atoms with Crippen molar-refractivity contribution in [3.63, 3.8) is 0 Å². The van der Waals surface area contributed by atoms with Gasteiger partial charge in [0.1, 0.15) is 6.04 Å². The summed E-state index contributed by atoms with van der Waals surface area (Å²) in [6.07, 6.45) is 0. The first kappa shape index (κ1) is 14.4. The van der Waals surface area contributed by atoms with Gasteiger partial charge in [-0.1, -0.05) is 13.8 Å². The Morgan fingerprint density at radius 1 is 1.00 bits per heavy atom. The van der Waals surface area contributed by atoms with Crippen LogP contribution in [0.1, 0.15) is 13.8 Å². The van der Waals surface area contributed by atoms with E-state index in [0.717, 1.165) is 4.90 Å². The second-order valence-electron chi connectivity index (χ2n) is 3.72. The van der Waals surface area contributed by atoms with Crippen LogP contribution in [0.25, 0.3) is 0 Å². The van der Waals surface area contributed by atoms with Crippen LogP contribution in [0.5, 0.6) is 0 Å². The van der Waals surface area contributed by atoms with Crippen molar-refractivity contribution in [3.8, 4) is 0 Å². The highest BCUT2D eigenvalue weighted by atomic mass is 16.4. The zero-order valence-corrected chi connectivity index (χ0v) is 9.08. The van der Waals surface area contributed by atoms with Crippen LogP contribution >= 0.6 is 0 Å². The van der Waals surface area contributed by atoms with E-state index in [1.54, 1.807) is 13.8 Å². The molecule has 1 atom stereocenters. The van der Waals surface area contributed by atoms with Gasteiger partial charge in [-0.05, 0) is 5.92 Å². The van der Waals surface area contributed by atoms with E-state index in [0.29, 0.717) is 0 Å². The normalized spacial score (nSPS) is 12.8. The fourth-order valence-corrected chi connectivity index (χ4v) is 1.46. The summed E-state index contributed by atoms with van der Waals surface area (Å²) in [5.74, 6) is -4.12. The molecule has 0 saturated carbocycles. The Morgan fingerprint density at radius 3 is 1.56 bits per heavy atom. The minimum absolute atomic E-state index is 0.379. The van der Waals surface area contributed by atoms with Gasteiger partial charge in [0.25, 0.3) is 0 Å². The number of carboxylic acids is 3. The highest BCUT2D eigenvalue weighted by Crippen LogP contribution is 2.11. The van der Waals surface area contributed by atoms with Crippen molar-refractivity contribution in [2.45, 2.75) is 19.9 Å². The number of hydrogen-bond acceptors (Lipinski definition) is 4. The molecule has 0 aromatic carbocycles. The zero-order valence-electron chi connectivity index (χ0n) is 9.08. The Labute approximate surface area is 92.3 Å². The van der Waals surface area contributed by atoms with E-state index in [9.17, 15) is 14.4 Å². The Hall–Kier alpha value is -1.63. The van der Waals surface area contributed by atoms with Crippen LogP contribution in [-0.2, 0) is 14.4 Å². The number of rotatable bonds is 7. The van der Waals surface area contributed by atoms with Crippen LogP contribution in [0.2, 0.25) is 0 Å². The SMILES string of the molecule is CC(C)[C@H](C(=O)O)N(CC(=O)O)CC(=O)O. The first-order valence-corrected chi connectivity index (χ1v) is 4.66. The van der Waals surface area contributed by atoms with Crippen molar-refractivity contribution in [1.82, 2.24) is 4.90 Å². The molecule has 3 N–H and O–H groups in total. The van der Waals surface area contributed by atoms with Crippen molar-refractivity contribution in [2.24, 2.45) is 5.92 Å². The first-order valence-electron chi connectivity index (χ1n) is 4.66. The molecule has 0 aliphatic heterocycles. The van der Waals surface area contributed by atoms with Gasteiger partial charge in [0.2, 0.25) is 0 Å². The minimum Gasteiger partial charge on any atom is -0.480 e. The predicted molar refractivity (Wildman–Crippen MR) is 53.1 cm³/mol.